The van der Waals surface area contributed by atoms with Crippen LogP contribution in [0.25, 0.3) is 61.6 Å². The first-order valence-electron chi connectivity index (χ1n) is 22.0. The molecule has 2 heterocycles. The molecule has 5 aromatic carbocycles. The number of hydrogen-bond donors (Lipinski definition) is 1. The zero-order valence-corrected chi connectivity index (χ0v) is 42.5. The summed E-state index contributed by atoms with van der Waals surface area (Å²) >= 11 is 0. The van der Waals surface area contributed by atoms with Crippen molar-refractivity contribution in [2.75, 3.05) is 0 Å². The Morgan fingerprint density at radius 3 is 1.56 bits per heavy atom. The number of phenols is 1. The van der Waals surface area contributed by atoms with Gasteiger partial charge < -0.3 is 5.11 Å². The van der Waals surface area contributed by atoms with E-state index in [1.54, 1.807) is 0 Å². The van der Waals surface area contributed by atoms with E-state index in [-0.39, 0.29) is 53.9 Å². The van der Waals surface area contributed by atoms with Crippen molar-refractivity contribution in [3.05, 3.63) is 142 Å². The van der Waals surface area contributed by atoms with E-state index in [1.165, 1.54) is 40.5 Å². The molecule has 0 aliphatic rings. The van der Waals surface area contributed by atoms with Gasteiger partial charge >= 0.3 is 0 Å². The molecule has 0 fully saturated rings. The van der Waals surface area contributed by atoms with Gasteiger partial charge in [-0.15, -0.1) is 29.3 Å². The number of aromatic nitrogens is 3. The van der Waals surface area contributed by atoms with Crippen LogP contribution in [-0.2, 0) is 48.1 Å². The van der Waals surface area contributed by atoms with E-state index < -0.39 is 5.82 Å². The van der Waals surface area contributed by atoms with Crippen LogP contribution in [-0.4, -0.2) is 19.6 Å². The van der Waals surface area contributed by atoms with Crippen molar-refractivity contribution in [1.82, 2.24) is 14.5 Å². The van der Waals surface area contributed by atoms with Crippen molar-refractivity contribution in [2.24, 2.45) is 0 Å². The summed E-state index contributed by atoms with van der Waals surface area (Å²) in [6.45, 7) is 35.7. The molecule has 2 aromatic heterocycles. The molecule has 0 amide bonds. The third-order valence-corrected chi connectivity index (χ3v) is 12.1. The van der Waals surface area contributed by atoms with Gasteiger partial charge in [0.1, 0.15) is 17.4 Å². The summed E-state index contributed by atoms with van der Waals surface area (Å²) < 4.78 is 17.5. The second-order valence-corrected chi connectivity index (χ2v) is 22.6. The number of hydrogen-bond acceptors (Lipinski definition) is 3. The number of nitrogens with zero attached hydrogens (tertiary/aromatic N) is 3. The molecule has 63 heavy (non-hydrogen) atoms. The van der Waals surface area contributed by atoms with E-state index in [1.807, 2.05) is 12.3 Å². The summed E-state index contributed by atoms with van der Waals surface area (Å²) in [6.07, 6.45) is 1.85. The van der Waals surface area contributed by atoms with Gasteiger partial charge in [-0.05, 0) is 110 Å². The van der Waals surface area contributed by atoms with E-state index in [2.05, 4.69) is 188 Å². The van der Waals surface area contributed by atoms with Crippen LogP contribution in [0.4, 0.5) is 4.39 Å². The average molecular weight is 1020 g/mol. The van der Waals surface area contributed by atoms with Gasteiger partial charge in [-0.3, -0.25) is 9.55 Å². The molecule has 0 bridgehead atoms. The maximum Gasteiger partial charge on any atom is 0.148 e. The van der Waals surface area contributed by atoms with Crippen molar-refractivity contribution in [2.45, 2.75) is 138 Å². The Morgan fingerprint density at radius 2 is 1.03 bits per heavy atom. The first-order chi connectivity index (χ1) is 28.6. The molecular weight excluding hydrogens is 957 g/mol. The van der Waals surface area contributed by atoms with Gasteiger partial charge in [-0.1, -0.05) is 157 Å². The first-order valence-corrected chi connectivity index (χ1v) is 22.0. The Kier molecular flexibility index (Phi) is 12.5. The second-order valence-electron chi connectivity index (χ2n) is 22.6. The summed E-state index contributed by atoms with van der Waals surface area (Å²) in [5.74, 6) is -0.0476. The van der Waals surface area contributed by atoms with Crippen LogP contribution >= 0.6 is 0 Å². The van der Waals surface area contributed by atoms with Crippen molar-refractivity contribution in [1.29, 1.82) is 0 Å². The molecule has 0 saturated carbocycles. The van der Waals surface area contributed by atoms with Crippen LogP contribution in [0.15, 0.2) is 97.2 Å². The maximum absolute atomic E-state index is 15.4. The molecule has 0 aliphatic heterocycles. The van der Waals surface area contributed by atoms with E-state index in [9.17, 15) is 5.11 Å². The number of halogens is 1. The van der Waals surface area contributed by atoms with Crippen LogP contribution in [0.1, 0.15) is 137 Å². The van der Waals surface area contributed by atoms with Gasteiger partial charge in [0.25, 0.3) is 0 Å². The Morgan fingerprint density at radius 1 is 0.540 bits per heavy atom. The number of aromatic hydroxyl groups is 1. The molecule has 0 unspecified atom stereocenters. The Labute approximate surface area is 390 Å². The standard InChI is InChI=1S/C57H65FN3O.Pt/c1-34-19-20-59-48(21-34)38-22-37(25-39(26-38)53(2,3)4)46-27-36(35-23-40(54(5,6)7)29-41(24-35)55(8,9)10)28-49-51(46)60-52(47-33-44(58)17-18-50(47)62)61(49)45-31-42(56(11,12)13)30-43(32-45)57(14,15)16;/h17-21,23-33,62H,1-16H3;/q-1;. The summed E-state index contributed by atoms with van der Waals surface area (Å²) in [5, 5.41) is 11.6. The number of rotatable bonds is 5. The molecule has 0 saturated heterocycles. The van der Waals surface area contributed by atoms with Crippen molar-refractivity contribution in [3.8, 4) is 56.3 Å². The summed E-state index contributed by atoms with van der Waals surface area (Å²) in [5.41, 5.74) is 14.7. The zero-order chi connectivity index (χ0) is 45.5. The molecule has 6 heteroatoms. The normalized spacial score (nSPS) is 12.8. The number of phenolic OH excluding ortho intramolecular Hbond substituents is 1. The number of aryl methyl sites for hydroxylation is 1. The van der Waals surface area contributed by atoms with Gasteiger partial charge in [0.05, 0.1) is 16.6 Å². The molecule has 1 N–H and O–H groups in total. The molecule has 0 atom stereocenters. The van der Waals surface area contributed by atoms with Gasteiger partial charge in [0.2, 0.25) is 0 Å². The molecule has 4 nitrogen and oxygen atoms in total. The second kappa shape index (κ2) is 16.6. The zero-order valence-electron chi connectivity index (χ0n) is 40.2. The number of benzene rings is 5. The smallest absolute Gasteiger partial charge is 0.148 e. The third-order valence-electron chi connectivity index (χ3n) is 12.1. The fourth-order valence-electron chi connectivity index (χ4n) is 7.91. The summed E-state index contributed by atoms with van der Waals surface area (Å²) in [4.78, 5) is 10.3. The predicted molar refractivity (Wildman–Crippen MR) is 259 cm³/mol. The number of pyridine rings is 1. The molecule has 0 aliphatic carbocycles. The van der Waals surface area contributed by atoms with Gasteiger partial charge in [-0.25, -0.2) is 9.37 Å². The molecule has 7 aromatic rings. The van der Waals surface area contributed by atoms with Crippen LogP contribution in [0.5, 0.6) is 5.75 Å². The van der Waals surface area contributed by atoms with Gasteiger partial charge in [0.15, 0.2) is 0 Å². The SMILES string of the molecule is Cc1ccnc(-c2[c-]c(-c3cc(-c4cc(C(C)(C)C)cc(C(C)(C)C)c4)cc4c3nc(-c3cc(F)ccc3O)n4-c3cc(C(C)(C)C)cc(C(C)(C)C)c3)cc(C(C)(C)C)c2)c1.[Pt]. The Balaban J connectivity index is 0.00000661. The van der Waals surface area contributed by atoms with E-state index >= 15 is 4.39 Å². The topological polar surface area (TPSA) is 50.9 Å². The van der Waals surface area contributed by atoms with Crippen LogP contribution < -0.4 is 0 Å². The Bertz CT molecular complexity index is 2780. The van der Waals surface area contributed by atoms with E-state index in [0.29, 0.717) is 11.4 Å². The number of imidazole rings is 1. The minimum absolute atomic E-state index is 0. The Hall–Kier alpha value is -4.86. The van der Waals surface area contributed by atoms with E-state index in [0.717, 1.165) is 61.4 Å². The van der Waals surface area contributed by atoms with Crippen molar-refractivity contribution < 1.29 is 30.6 Å². The molecule has 332 valence electrons. The third kappa shape index (κ3) is 9.95. The number of fused-ring (bicyclic) bond motifs is 1. The fourth-order valence-corrected chi connectivity index (χ4v) is 7.91. The molecule has 0 radical (unpaired) electrons. The fraction of sp³-hybridized carbons (Fsp3) is 0.368. The van der Waals surface area contributed by atoms with E-state index in [4.69, 9.17) is 9.97 Å². The molecular formula is C57H65FN3OPt-. The molecule has 7 rings (SSSR count). The largest absolute Gasteiger partial charge is 0.507 e. The summed E-state index contributed by atoms with van der Waals surface area (Å²) in [6, 6.07) is 34.7. The molecule has 0 spiro atoms. The quantitative estimate of drug-likeness (QED) is 0.175. The summed E-state index contributed by atoms with van der Waals surface area (Å²) in [7, 11) is 0. The van der Waals surface area contributed by atoms with Gasteiger partial charge in [-0.2, -0.15) is 0 Å². The first kappa shape index (κ1) is 47.6. The van der Waals surface area contributed by atoms with Crippen LogP contribution in [0.2, 0.25) is 0 Å². The minimum atomic E-state index is -0.452. The van der Waals surface area contributed by atoms with Gasteiger partial charge in [0, 0.05) is 38.6 Å². The maximum atomic E-state index is 15.4. The minimum Gasteiger partial charge on any atom is -0.507 e. The van der Waals surface area contributed by atoms with Crippen LogP contribution in [0.3, 0.4) is 0 Å². The van der Waals surface area contributed by atoms with Crippen LogP contribution in [0, 0.1) is 18.8 Å². The monoisotopic (exact) mass is 1020 g/mol. The van der Waals surface area contributed by atoms with Crippen molar-refractivity contribution in [3.63, 3.8) is 0 Å². The van der Waals surface area contributed by atoms with Crippen molar-refractivity contribution >= 4 is 11.0 Å². The average Bonchev–Trinajstić information content (AvgIpc) is 3.55. The predicted octanol–water partition coefficient (Wildman–Crippen LogP) is 15.5.